The van der Waals surface area contributed by atoms with E-state index < -0.39 is 15.8 Å². The van der Waals surface area contributed by atoms with Crippen molar-refractivity contribution < 1.29 is 12.8 Å². The maximum atomic E-state index is 12.9. The molecule has 1 aromatic carbocycles. The first-order chi connectivity index (χ1) is 8.99. The second kappa shape index (κ2) is 6.20. The molecule has 0 aliphatic heterocycles. The fourth-order valence-electron chi connectivity index (χ4n) is 2.39. The summed E-state index contributed by atoms with van der Waals surface area (Å²) in [6.45, 7) is 0.427. The number of hydrogen-bond donors (Lipinski definition) is 1. The normalized spacial score (nSPS) is 17.6. The zero-order chi connectivity index (χ0) is 13.9. The number of nitrogens with one attached hydrogen (secondary N) is 1. The first-order valence-corrected chi connectivity index (χ1v) is 8.30. The van der Waals surface area contributed by atoms with Gasteiger partial charge in [-0.25, -0.2) is 17.5 Å². The van der Waals surface area contributed by atoms with Crippen LogP contribution in [0.4, 0.5) is 4.39 Å². The van der Waals surface area contributed by atoms with Crippen molar-refractivity contribution in [3.63, 3.8) is 0 Å². The van der Waals surface area contributed by atoms with E-state index in [0.29, 0.717) is 12.5 Å². The fraction of sp³-hybridized carbons (Fsp3) is 0.538. The summed E-state index contributed by atoms with van der Waals surface area (Å²) in [5, 5.41) is -0.0869. The minimum absolute atomic E-state index is 0.0635. The molecule has 0 heterocycles. The van der Waals surface area contributed by atoms with Gasteiger partial charge in [-0.2, -0.15) is 0 Å². The lowest BCUT2D eigenvalue weighted by Crippen LogP contribution is -2.30. The molecular weight excluding hydrogens is 289 g/mol. The molecule has 0 radical (unpaired) electrons. The Kier molecular flexibility index (Phi) is 4.81. The van der Waals surface area contributed by atoms with Crippen molar-refractivity contribution in [1.29, 1.82) is 0 Å². The predicted molar refractivity (Wildman–Crippen MR) is 73.2 cm³/mol. The zero-order valence-corrected chi connectivity index (χ0v) is 12.1. The van der Waals surface area contributed by atoms with E-state index in [-0.39, 0.29) is 9.92 Å². The van der Waals surface area contributed by atoms with Gasteiger partial charge in [0.05, 0.1) is 5.02 Å². The van der Waals surface area contributed by atoms with Crippen LogP contribution in [0.25, 0.3) is 0 Å². The van der Waals surface area contributed by atoms with Crippen LogP contribution in [0, 0.1) is 11.7 Å². The van der Waals surface area contributed by atoms with Crippen LogP contribution in [0.5, 0.6) is 0 Å². The summed E-state index contributed by atoms with van der Waals surface area (Å²) in [5.74, 6) is -0.154. The Morgan fingerprint density at radius 2 is 1.95 bits per heavy atom. The monoisotopic (exact) mass is 305 g/mol. The van der Waals surface area contributed by atoms with Gasteiger partial charge in [0, 0.05) is 6.54 Å². The van der Waals surface area contributed by atoms with E-state index in [1.54, 1.807) is 0 Å². The van der Waals surface area contributed by atoms with Gasteiger partial charge in [0.15, 0.2) is 0 Å². The number of rotatable bonds is 4. The Balaban J connectivity index is 2.05. The van der Waals surface area contributed by atoms with E-state index in [0.717, 1.165) is 37.8 Å². The molecule has 1 N–H and O–H groups in total. The third-order valence-electron chi connectivity index (χ3n) is 3.47. The molecule has 19 heavy (non-hydrogen) atoms. The second-order valence-corrected chi connectivity index (χ2v) is 7.07. The molecule has 0 aromatic heterocycles. The van der Waals surface area contributed by atoms with E-state index in [2.05, 4.69) is 4.72 Å². The molecule has 1 saturated carbocycles. The molecule has 0 unspecified atom stereocenters. The highest BCUT2D eigenvalue weighted by atomic mass is 35.5. The van der Waals surface area contributed by atoms with Crippen LogP contribution in [-0.2, 0) is 10.0 Å². The first-order valence-electron chi connectivity index (χ1n) is 6.44. The van der Waals surface area contributed by atoms with Crippen LogP contribution in [0.1, 0.15) is 32.1 Å². The standard InChI is InChI=1S/C13H17ClFNO2S/c14-12-8-11(15)6-7-13(12)19(17,18)16-9-10-4-2-1-3-5-10/h6-8,10,16H,1-5,9H2. The minimum atomic E-state index is -3.66. The molecule has 0 spiro atoms. The highest BCUT2D eigenvalue weighted by molar-refractivity contribution is 7.89. The minimum Gasteiger partial charge on any atom is -0.211 e. The summed E-state index contributed by atoms with van der Waals surface area (Å²) in [7, 11) is -3.66. The first kappa shape index (κ1) is 14.8. The third-order valence-corrected chi connectivity index (χ3v) is 5.38. The van der Waals surface area contributed by atoms with Gasteiger partial charge in [0.2, 0.25) is 10.0 Å². The lowest BCUT2D eigenvalue weighted by Gasteiger charge is -2.21. The number of hydrogen-bond acceptors (Lipinski definition) is 2. The third kappa shape index (κ3) is 3.91. The van der Waals surface area contributed by atoms with Crippen molar-refractivity contribution in [3.05, 3.63) is 29.0 Å². The van der Waals surface area contributed by atoms with Crippen molar-refractivity contribution >= 4 is 21.6 Å². The molecule has 2 rings (SSSR count). The molecule has 0 saturated heterocycles. The summed E-state index contributed by atoms with van der Waals surface area (Å²) in [5.41, 5.74) is 0. The van der Waals surface area contributed by atoms with Gasteiger partial charge >= 0.3 is 0 Å². The van der Waals surface area contributed by atoms with Gasteiger partial charge in [-0.05, 0) is 37.0 Å². The molecule has 106 valence electrons. The number of benzene rings is 1. The summed E-state index contributed by atoms with van der Waals surface area (Å²) < 4.78 is 39.7. The topological polar surface area (TPSA) is 46.2 Å². The average Bonchev–Trinajstić information content (AvgIpc) is 2.37. The molecule has 0 amide bonds. The lowest BCUT2D eigenvalue weighted by molar-refractivity contribution is 0.357. The highest BCUT2D eigenvalue weighted by Crippen LogP contribution is 2.25. The van der Waals surface area contributed by atoms with Gasteiger partial charge in [-0.3, -0.25) is 0 Å². The van der Waals surface area contributed by atoms with Crippen LogP contribution < -0.4 is 4.72 Å². The maximum absolute atomic E-state index is 12.9. The summed E-state index contributed by atoms with van der Waals surface area (Å²) in [6.07, 6.45) is 5.65. The van der Waals surface area contributed by atoms with E-state index in [4.69, 9.17) is 11.6 Å². The summed E-state index contributed by atoms with van der Waals surface area (Å²) in [6, 6.07) is 3.30. The maximum Gasteiger partial charge on any atom is 0.242 e. The summed E-state index contributed by atoms with van der Waals surface area (Å²) >= 11 is 5.78. The van der Waals surface area contributed by atoms with Crippen molar-refractivity contribution in [2.75, 3.05) is 6.54 Å². The average molecular weight is 306 g/mol. The van der Waals surface area contributed by atoms with Gasteiger partial charge in [-0.1, -0.05) is 30.9 Å². The van der Waals surface area contributed by atoms with Crippen molar-refractivity contribution in [3.8, 4) is 0 Å². The van der Waals surface area contributed by atoms with Gasteiger partial charge in [-0.15, -0.1) is 0 Å². The fourth-order valence-corrected chi connectivity index (χ4v) is 4.04. The Morgan fingerprint density at radius 3 is 2.58 bits per heavy atom. The zero-order valence-electron chi connectivity index (χ0n) is 10.5. The van der Waals surface area contributed by atoms with Crippen LogP contribution in [0.15, 0.2) is 23.1 Å². The van der Waals surface area contributed by atoms with Crippen LogP contribution in [0.2, 0.25) is 5.02 Å². The van der Waals surface area contributed by atoms with Crippen LogP contribution in [-0.4, -0.2) is 15.0 Å². The van der Waals surface area contributed by atoms with Gasteiger partial charge in [0.25, 0.3) is 0 Å². The van der Waals surface area contributed by atoms with Crippen molar-refractivity contribution in [1.82, 2.24) is 4.72 Å². The van der Waals surface area contributed by atoms with E-state index >= 15 is 0 Å². The van der Waals surface area contributed by atoms with Gasteiger partial charge in [0.1, 0.15) is 10.7 Å². The van der Waals surface area contributed by atoms with E-state index in [1.807, 2.05) is 0 Å². The van der Waals surface area contributed by atoms with Gasteiger partial charge < -0.3 is 0 Å². The highest BCUT2D eigenvalue weighted by Gasteiger charge is 2.21. The Hall–Kier alpha value is -0.650. The van der Waals surface area contributed by atoms with Crippen LogP contribution >= 0.6 is 11.6 Å². The van der Waals surface area contributed by atoms with Crippen molar-refractivity contribution in [2.24, 2.45) is 5.92 Å². The lowest BCUT2D eigenvalue weighted by atomic mass is 9.90. The Bertz CT molecular complexity index is 542. The quantitative estimate of drug-likeness (QED) is 0.927. The van der Waals surface area contributed by atoms with Crippen LogP contribution in [0.3, 0.4) is 0 Å². The second-order valence-electron chi connectivity index (χ2n) is 4.93. The molecule has 3 nitrogen and oxygen atoms in total. The molecule has 1 aliphatic carbocycles. The molecule has 6 heteroatoms. The predicted octanol–water partition coefficient (Wildman–Crippen LogP) is 3.34. The molecule has 0 atom stereocenters. The largest absolute Gasteiger partial charge is 0.242 e. The van der Waals surface area contributed by atoms with E-state index in [1.165, 1.54) is 12.5 Å². The molecule has 1 aliphatic rings. The molecule has 0 bridgehead atoms. The Morgan fingerprint density at radius 1 is 1.26 bits per heavy atom. The molecule has 1 fully saturated rings. The SMILES string of the molecule is O=S(=O)(NCC1CCCCC1)c1ccc(F)cc1Cl. The molecular formula is C13H17ClFNO2S. The smallest absolute Gasteiger partial charge is 0.211 e. The molecule has 1 aromatic rings. The van der Waals surface area contributed by atoms with E-state index in [9.17, 15) is 12.8 Å². The number of sulfonamides is 1. The summed E-state index contributed by atoms with van der Waals surface area (Å²) in [4.78, 5) is -0.0635. The number of halogens is 2. The Labute approximate surface area is 118 Å². The van der Waals surface area contributed by atoms with Crippen molar-refractivity contribution in [2.45, 2.75) is 37.0 Å².